The first-order valence-corrected chi connectivity index (χ1v) is 8.02. The van der Waals surface area contributed by atoms with Crippen LogP contribution >= 0.6 is 27.5 Å². The van der Waals surface area contributed by atoms with Crippen molar-refractivity contribution in [3.8, 4) is 0 Å². The van der Waals surface area contributed by atoms with Crippen LogP contribution in [0, 0.1) is 6.92 Å². The van der Waals surface area contributed by atoms with Gasteiger partial charge in [0.2, 0.25) is 0 Å². The highest BCUT2D eigenvalue weighted by Crippen LogP contribution is 2.26. The second kappa shape index (κ2) is 6.40. The Morgan fingerprint density at radius 2 is 2.22 bits per heavy atom. The number of hydrogen-bond acceptors (Lipinski definition) is 2. The lowest BCUT2D eigenvalue weighted by atomic mass is 10.0. The topological polar surface area (TPSA) is 21.1 Å². The minimum Gasteiger partial charge on any atom is -0.293 e. The maximum Gasteiger partial charge on any atom is 0.0739 e. The number of hydrogen-bond donors (Lipinski definition) is 0. The molecule has 0 bridgehead atoms. The third kappa shape index (κ3) is 2.91. The van der Waals surface area contributed by atoms with Crippen molar-refractivity contribution in [2.24, 2.45) is 0 Å². The molecule has 102 valence electrons. The van der Waals surface area contributed by atoms with E-state index in [4.69, 9.17) is 11.6 Å². The van der Waals surface area contributed by atoms with Crippen molar-refractivity contribution in [2.75, 3.05) is 12.4 Å². The predicted octanol–water partition coefficient (Wildman–Crippen LogP) is 3.57. The first kappa shape index (κ1) is 14.4. The summed E-state index contributed by atoms with van der Waals surface area (Å²) >= 11 is 9.75. The van der Waals surface area contributed by atoms with Crippen LogP contribution < -0.4 is 0 Å². The van der Waals surface area contributed by atoms with Gasteiger partial charge in [-0.05, 0) is 49.2 Å². The van der Waals surface area contributed by atoms with Gasteiger partial charge in [0.15, 0.2) is 0 Å². The third-order valence-electron chi connectivity index (χ3n) is 3.73. The van der Waals surface area contributed by atoms with Gasteiger partial charge < -0.3 is 0 Å². The van der Waals surface area contributed by atoms with Gasteiger partial charge in [0.05, 0.1) is 15.9 Å². The van der Waals surface area contributed by atoms with E-state index in [1.165, 1.54) is 25.0 Å². The maximum atomic E-state index is 6.08. The summed E-state index contributed by atoms with van der Waals surface area (Å²) in [5.74, 6) is 0.733. The van der Waals surface area contributed by atoms with Crippen molar-refractivity contribution in [1.82, 2.24) is 14.7 Å². The number of aryl methyl sites for hydroxylation is 2. The molecule has 3 nitrogen and oxygen atoms in total. The minimum absolute atomic E-state index is 0.521. The Bertz CT molecular complexity index is 405. The number of rotatable bonds is 4. The Morgan fingerprint density at radius 3 is 2.89 bits per heavy atom. The maximum absolute atomic E-state index is 6.08. The Hall–Kier alpha value is -0.0600. The zero-order chi connectivity index (χ0) is 13.1. The molecule has 1 aliphatic heterocycles. The summed E-state index contributed by atoms with van der Waals surface area (Å²) in [4.78, 5) is 2.50. The molecule has 1 unspecified atom stereocenters. The highest BCUT2D eigenvalue weighted by molar-refractivity contribution is 9.10. The van der Waals surface area contributed by atoms with E-state index in [0.717, 1.165) is 35.7 Å². The van der Waals surface area contributed by atoms with Gasteiger partial charge in [-0.3, -0.25) is 9.58 Å². The fourth-order valence-electron chi connectivity index (χ4n) is 2.66. The molecule has 2 rings (SSSR count). The molecule has 0 aliphatic carbocycles. The van der Waals surface area contributed by atoms with E-state index in [9.17, 15) is 0 Å². The van der Waals surface area contributed by atoms with Gasteiger partial charge in [-0.1, -0.05) is 6.42 Å². The van der Waals surface area contributed by atoms with Crippen molar-refractivity contribution in [3.05, 3.63) is 15.9 Å². The Morgan fingerprint density at radius 1 is 1.44 bits per heavy atom. The van der Waals surface area contributed by atoms with Crippen molar-refractivity contribution in [1.29, 1.82) is 0 Å². The molecule has 1 fully saturated rings. The standard InChI is InChI=1S/C13H21BrClN3/c1-3-18-12(13(14)10(2)16-18)9-17-7-5-4-6-11(17)8-15/h11H,3-9H2,1-2H3. The summed E-state index contributed by atoms with van der Waals surface area (Å²) in [6.07, 6.45) is 3.81. The molecule has 0 saturated carbocycles. The molecule has 0 amide bonds. The molecule has 1 aromatic heterocycles. The van der Waals surface area contributed by atoms with Crippen LogP contribution in [0.2, 0.25) is 0 Å². The number of nitrogens with zero attached hydrogens (tertiary/aromatic N) is 3. The van der Waals surface area contributed by atoms with Crippen LogP contribution in [0.3, 0.4) is 0 Å². The smallest absolute Gasteiger partial charge is 0.0739 e. The highest BCUT2D eigenvalue weighted by atomic mass is 79.9. The lowest BCUT2D eigenvalue weighted by Gasteiger charge is -2.34. The molecule has 5 heteroatoms. The number of likely N-dealkylation sites (tertiary alicyclic amines) is 1. The molecular weight excluding hydrogens is 314 g/mol. The molecule has 1 atom stereocenters. The zero-order valence-corrected chi connectivity index (χ0v) is 13.5. The second-order valence-corrected chi connectivity index (χ2v) is 6.04. The van der Waals surface area contributed by atoms with E-state index in [1.54, 1.807) is 0 Å². The molecule has 0 spiro atoms. The number of halogens is 2. The highest BCUT2D eigenvalue weighted by Gasteiger charge is 2.24. The number of aromatic nitrogens is 2. The summed E-state index contributed by atoms with van der Waals surface area (Å²) in [6.45, 7) is 7.21. The lowest BCUT2D eigenvalue weighted by Crippen LogP contribution is -2.40. The lowest BCUT2D eigenvalue weighted by molar-refractivity contribution is 0.150. The Labute approximate surface area is 123 Å². The number of alkyl halides is 1. The molecule has 0 N–H and O–H groups in total. The van der Waals surface area contributed by atoms with Crippen molar-refractivity contribution < 1.29 is 0 Å². The summed E-state index contributed by atoms with van der Waals surface area (Å²) in [7, 11) is 0. The van der Waals surface area contributed by atoms with Crippen LogP contribution in [-0.2, 0) is 13.1 Å². The normalized spacial score (nSPS) is 21.4. The van der Waals surface area contributed by atoms with E-state index in [2.05, 4.69) is 44.5 Å². The molecule has 0 radical (unpaired) electrons. The van der Waals surface area contributed by atoms with E-state index >= 15 is 0 Å². The van der Waals surface area contributed by atoms with E-state index < -0.39 is 0 Å². The quantitative estimate of drug-likeness (QED) is 0.785. The van der Waals surface area contributed by atoms with Gasteiger partial charge in [0.1, 0.15) is 0 Å². The second-order valence-electron chi connectivity index (χ2n) is 4.94. The average Bonchev–Trinajstić information content (AvgIpc) is 2.67. The van der Waals surface area contributed by atoms with Crippen molar-refractivity contribution in [2.45, 2.75) is 52.2 Å². The first-order chi connectivity index (χ1) is 8.67. The largest absolute Gasteiger partial charge is 0.293 e. The van der Waals surface area contributed by atoms with E-state index in [0.29, 0.717) is 6.04 Å². The Balaban J connectivity index is 2.17. The molecule has 18 heavy (non-hydrogen) atoms. The molecule has 0 aromatic carbocycles. The summed E-state index contributed by atoms with van der Waals surface area (Å²) in [5, 5.41) is 4.56. The van der Waals surface area contributed by atoms with Gasteiger partial charge in [-0.25, -0.2) is 0 Å². The van der Waals surface area contributed by atoms with Crippen molar-refractivity contribution >= 4 is 27.5 Å². The molecule has 1 saturated heterocycles. The van der Waals surface area contributed by atoms with Gasteiger partial charge in [0, 0.05) is 25.0 Å². The molecule has 2 heterocycles. The van der Waals surface area contributed by atoms with Crippen LogP contribution in [0.5, 0.6) is 0 Å². The average molecular weight is 335 g/mol. The van der Waals surface area contributed by atoms with Gasteiger partial charge in [-0.2, -0.15) is 5.10 Å². The van der Waals surface area contributed by atoms with Crippen LogP contribution in [0.15, 0.2) is 4.47 Å². The van der Waals surface area contributed by atoms with E-state index in [1.807, 2.05) is 0 Å². The van der Waals surface area contributed by atoms with Gasteiger partial charge in [0.25, 0.3) is 0 Å². The van der Waals surface area contributed by atoms with Gasteiger partial charge >= 0.3 is 0 Å². The third-order valence-corrected chi connectivity index (χ3v) is 5.12. The zero-order valence-electron chi connectivity index (χ0n) is 11.1. The molecule has 1 aromatic rings. The monoisotopic (exact) mass is 333 g/mol. The Kier molecular flexibility index (Phi) is 5.10. The summed E-state index contributed by atoms with van der Waals surface area (Å²) in [6, 6.07) is 0.521. The van der Waals surface area contributed by atoms with Gasteiger partial charge in [-0.15, -0.1) is 11.6 Å². The first-order valence-electron chi connectivity index (χ1n) is 6.69. The molecular formula is C13H21BrClN3. The summed E-state index contributed by atoms with van der Waals surface area (Å²) in [5.41, 5.74) is 2.36. The van der Waals surface area contributed by atoms with Crippen LogP contribution in [0.25, 0.3) is 0 Å². The number of piperidine rings is 1. The van der Waals surface area contributed by atoms with Crippen LogP contribution in [0.4, 0.5) is 0 Å². The summed E-state index contributed by atoms with van der Waals surface area (Å²) < 4.78 is 3.25. The SMILES string of the molecule is CCn1nc(C)c(Br)c1CN1CCCCC1CCl. The van der Waals surface area contributed by atoms with Crippen LogP contribution in [0.1, 0.15) is 37.6 Å². The van der Waals surface area contributed by atoms with Crippen molar-refractivity contribution in [3.63, 3.8) is 0 Å². The molecule has 1 aliphatic rings. The predicted molar refractivity (Wildman–Crippen MR) is 79.1 cm³/mol. The minimum atomic E-state index is 0.521. The van der Waals surface area contributed by atoms with E-state index in [-0.39, 0.29) is 0 Å². The fraction of sp³-hybridized carbons (Fsp3) is 0.769. The van der Waals surface area contributed by atoms with Crippen LogP contribution in [-0.4, -0.2) is 33.1 Å². The fourth-order valence-corrected chi connectivity index (χ4v) is 3.41.